The number of benzene rings is 1. The van der Waals surface area contributed by atoms with Crippen molar-refractivity contribution in [1.29, 1.82) is 0 Å². The Balaban J connectivity index is 1.95. The predicted octanol–water partition coefficient (Wildman–Crippen LogP) is 2.79. The number of aromatic nitrogens is 2. The van der Waals surface area contributed by atoms with Crippen LogP contribution in [0.3, 0.4) is 0 Å². The van der Waals surface area contributed by atoms with E-state index in [2.05, 4.69) is 10.4 Å². The van der Waals surface area contributed by atoms with Gasteiger partial charge in [-0.15, -0.1) is 0 Å². The van der Waals surface area contributed by atoms with E-state index >= 15 is 0 Å². The lowest BCUT2D eigenvalue weighted by atomic mass is 10.2. The molecule has 1 aromatic carbocycles. The minimum absolute atomic E-state index is 0.0393. The summed E-state index contributed by atoms with van der Waals surface area (Å²) in [5.41, 5.74) is 2.03. The molecular formula is C17H17ClN4O5. The number of rotatable bonds is 6. The summed E-state index contributed by atoms with van der Waals surface area (Å²) in [7, 11) is 1.79. The van der Waals surface area contributed by atoms with Gasteiger partial charge in [0.15, 0.2) is 6.61 Å². The summed E-state index contributed by atoms with van der Waals surface area (Å²) in [5, 5.41) is 17.7. The molecule has 27 heavy (non-hydrogen) atoms. The molecule has 0 saturated carbocycles. The van der Waals surface area contributed by atoms with Crippen molar-refractivity contribution >= 4 is 40.9 Å². The SMILES string of the molecule is Cc1nn(C)c(C)c1/C=C/C(=O)OCC(=O)Nc1ccc(Cl)cc1[N+](=O)[O-]. The number of nitro groups is 1. The number of carbonyl (C=O) groups excluding carboxylic acids is 2. The number of hydrogen-bond donors (Lipinski definition) is 1. The van der Waals surface area contributed by atoms with Crippen LogP contribution >= 0.6 is 11.6 Å². The summed E-state index contributed by atoms with van der Waals surface area (Å²) in [6.07, 6.45) is 2.75. The first-order valence-corrected chi connectivity index (χ1v) is 8.15. The molecule has 0 radical (unpaired) electrons. The Morgan fingerprint density at radius 3 is 2.70 bits per heavy atom. The van der Waals surface area contributed by atoms with Gasteiger partial charge in [-0.2, -0.15) is 5.10 Å². The summed E-state index contributed by atoms with van der Waals surface area (Å²) in [4.78, 5) is 34.0. The van der Waals surface area contributed by atoms with Crippen LogP contribution in [0.2, 0.25) is 5.02 Å². The first-order valence-electron chi connectivity index (χ1n) is 7.78. The smallest absolute Gasteiger partial charge is 0.331 e. The third-order valence-corrected chi connectivity index (χ3v) is 3.96. The fourth-order valence-electron chi connectivity index (χ4n) is 2.32. The molecule has 0 saturated heterocycles. The Labute approximate surface area is 159 Å². The molecule has 1 aromatic heterocycles. The van der Waals surface area contributed by atoms with E-state index in [0.29, 0.717) is 0 Å². The van der Waals surface area contributed by atoms with Gasteiger partial charge in [-0.05, 0) is 32.1 Å². The maximum atomic E-state index is 11.9. The zero-order valence-corrected chi connectivity index (χ0v) is 15.6. The van der Waals surface area contributed by atoms with Gasteiger partial charge in [0.25, 0.3) is 11.6 Å². The van der Waals surface area contributed by atoms with Gasteiger partial charge in [-0.1, -0.05) is 11.6 Å². The summed E-state index contributed by atoms with van der Waals surface area (Å²) in [6.45, 7) is 3.08. The van der Waals surface area contributed by atoms with Crippen molar-refractivity contribution in [2.45, 2.75) is 13.8 Å². The number of halogens is 1. The lowest BCUT2D eigenvalue weighted by molar-refractivity contribution is -0.383. The zero-order chi connectivity index (χ0) is 20.1. The zero-order valence-electron chi connectivity index (χ0n) is 14.9. The van der Waals surface area contributed by atoms with Gasteiger partial charge in [-0.3, -0.25) is 19.6 Å². The Morgan fingerprint density at radius 1 is 1.41 bits per heavy atom. The highest BCUT2D eigenvalue weighted by molar-refractivity contribution is 6.31. The van der Waals surface area contributed by atoms with Gasteiger partial charge in [-0.25, -0.2) is 4.79 Å². The standard InChI is InChI=1S/C17H17ClN4O5/c1-10-13(11(2)21(3)20-10)5-7-17(24)27-9-16(23)19-14-6-4-12(18)8-15(14)22(25)26/h4-8H,9H2,1-3H3,(H,19,23)/b7-5+. The molecule has 1 amide bonds. The van der Waals surface area contributed by atoms with Gasteiger partial charge >= 0.3 is 5.97 Å². The van der Waals surface area contributed by atoms with Crippen LogP contribution in [0.25, 0.3) is 6.08 Å². The molecule has 1 heterocycles. The normalized spacial score (nSPS) is 10.8. The number of esters is 1. The summed E-state index contributed by atoms with van der Waals surface area (Å²) in [6, 6.07) is 3.82. The summed E-state index contributed by atoms with van der Waals surface area (Å²) < 4.78 is 6.53. The topological polar surface area (TPSA) is 116 Å². The predicted molar refractivity (Wildman–Crippen MR) is 99.4 cm³/mol. The highest BCUT2D eigenvalue weighted by atomic mass is 35.5. The monoisotopic (exact) mass is 392 g/mol. The second-order valence-corrected chi connectivity index (χ2v) is 6.05. The van der Waals surface area contributed by atoms with Crippen molar-refractivity contribution in [3.63, 3.8) is 0 Å². The molecule has 10 heteroatoms. The third-order valence-electron chi connectivity index (χ3n) is 3.73. The third kappa shape index (κ3) is 5.14. The summed E-state index contributed by atoms with van der Waals surface area (Å²) in [5.74, 6) is -1.44. The van der Waals surface area contributed by atoms with Gasteiger partial charge < -0.3 is 10.1 Å². The van der Waals surface area contributed by atoms with Crippen molar-refractivity contribution < 1.29 is 19.2 Å². The van der Waals surface area contributed by atoms with Crippen LogP contribution in [0.4, 0.5) is 11.4 Å². The van der Waals surface area contributed by atoms with E-state index in [1.54, 1.807) is 17.8 Å². The van der Waals surface area contributed by atoms with E-state index in [1.807, 2.05) is 13.8 Å². The van der Waals surface area contributed by atoms with Crippen molar-refractivity contribution in [2.24, 2.45) is 7.05 Å². The van der Waals surface area contributed by atoms with E-state index in [1.165, 1.54) is 18.2 Å². The lowest BCUT2D eigenvalue weighted by Crippen LogP contribution is -2.20. The number of ether oxygens (including phenoxy) is 1. The molecule has 0 aliphatic heterocycles. The molecule has 0 bridgehead atoms. The number of carbonyl (C=O) groups is 2. The maximum Gasteiger partial charge on any atom is 0.331 e. The molecular weight excluding hydrogens is 376 g/mol. The fraction of sp³-hybridized carbons (Fsp3) is 0.235. The highest BCUT2D eigenvalue weighted by Gasteiger charge is 2.17. The number of nitrogens with one attached hydrogen (secondary N) is 1. The van der Waals surface area contributed by atoms with Crippen LogP contribution in [0.5, 0.6) is 0 Å². The molecule has 0 unspecified atom stereocenters. The van der Waals surface area contributed by atoms with Crippen molar-refractivity contribution in [3.8, 4) is 0 Å². The van der Waals surface area contributed by atoms with E-state index in [0.717, 1.165) is 23.0 Å². The Bertz CT molecular complexity index is 936. The van der Waals surface area contributed by atoms with Crippen LogP contribution in [0.1, 0.15) is 17.0 Å². The number of nitrogens with zero attached hydrogens (tertiary/aromatic N) is 3. The minimum atomic E-state index is -0.724. The van der Waals surface area contributed by atoms with Crippen LogP contribution in [0.15, 0.2) is 24.3 Å². The van der Waals surface area contributed by atoms with Gasteiger partial charge in [0.05, 0.1) is 10.6 Å². The quantitative estimate of drug-likeness (QED) is 0.349. The minimum Gasteiger partial charge on any atom is -0.452 e. The average Bonchev–Trinajstić information content (AvgIpc) is 2.84. The first kappa shape index (κ1) is 20.1. The Hall–Kier alpha value is -3.20. The molecule has 2 rings (SSSR count). The van der Waals surface area contributed by atoms with Crippen LogP contribution in [-0.4, -0.2) is 33.2 Å². The van der Waals surface area contributed by atoms with Gasteiger partial charge in [0, 0.05) is 35.5 Å². The first-order chi connectivity index (χ1) is 12.7. The van der Waals surface area contributed by atoms with Crippen LogP contribution in [-0.2, 0) is 21.4 Å². The molecule has 0 fully saturated rings. The molecule has 142 valence electrons. The molecule has 9 nitrogen and oxygen atoms in total. The van der Waals surface area contributed by atoms with Crippen LogP contribution < -0.4 is 5.32 Å². The van der Waals surface area contributed by atoms with Crippen molar-refractivity contribution in [1.82, 2.24) is 9.78 Å². The van der Waals surface area contributed by atoms with E-state index < -0.39 is 23.4 Å². The molecule has 0 aliphatic carbocycles. The second kappa shape index (κ2) is 8.45. The van der Waals surface area contributed by atoms with E-state index in [-0.39, 0.29) is 16.4 Å². The number of amides is 1. The second-order valence-electron chi connectivity index (χ2n) is 5.62. The van der Waals surface area contributed by atoms with E-state index in [4.69, 9.17) is 16.3 Å². The molecule has 0 atom stereocenters. The van der Waals surface area contributed by atoms with Crippen molar-refractivity contribution in [2.75, 3.05) is 11.9 Å². The Kier molecular flexibility index (Phi) is 6.30. The number of nitro benzene ring substituents is 1. The average molecular weight is 393 g/mol. The van der Waals surface area contributed by atoms with Gasteiger partial charge in [0.1, 0.15) is 5.69 Å². The van der Waals surface area contributed by atoms with Gasteiger partial charge in [0.2, 0.25) is 0 Å². The van der Waals surface area contributed by atoms with Crippen molar-refractivity contribution in [3.05, 3.63) is 56.4 Å². The number of anilines is 1. The Morgan fingerprint density at radius 2 is 2.11 bits per heavy atom. The molecule has 2 aromatic rings. The summed E-state index contributed by atoms with van der Waals surface area (Å²) >= 11 is 5.71. The number of hydrogen-bond acceptors (Lipinski definition) is 6. The fourth-order valence-corrected chi connectivity index (χ4v) is 2.48. The molecule has 0 spiro atoms. The maximum absolute atomic E-state index is 11.9. The van der Waals surface area contributed by atoms with E-state index in [9.17, 15) is 19.7 Å². The highest BCUT2D eigenvalue weighted by Crippen LogP contribution is 2.27. The molecule has 0 aliphatic rings. The van der Waals surface area contributed by atoms with Crippen LogP contribution in [0, 0.1) is 24.0 Å². The lowest BCUT2D eigenvalue weighted by Gasteiger charge is -2.06. The molecule has 1 N–H and O–H groups in total. The number of aryl methyl sites for hydroxylation is 2. The largest absolute Gasteiger partial charge is 0.452 e.